The van der Waals surface area contributed by atoms with E-state index in [1.54, 1.807) is 21.1 Å². The van der Waals surface area contributed by atoms with Crippen molar-refractivity contribution in [2.75, 3.05) is 28.1 Å². The molecule has 1 aromatic carbocycles. The Morgan fingerprint density at radius 1 is 0.977 bits per heavy atom. The van der Waals surface area contributed by atoms with Crippen LogP contribution < -0.4 is 13.1 Å². The van der Waals surface area contributed by atoms with Crippen molar-refractivity contribution in [1.29, 1.82) is 0 Å². The summed E-state index contributed by atoms with van der Waals surface area (Å²) in [7, 11) is 4.59. The Labute approximate surface area is 263 Å². The summed E-state index contributed by atoms with van der Waals surface area (Å²) in [5, 5.41) is 0. The quantitative estimate of drug-likeness (QED) is 0.0989. The summed E-state index contributed by atoms with van der Waals surface area (Å²) in [6, 6.07) is 4.24. The van der Waals surface area contributed by atoms with Crippen LogP contribution in [0.3, 0.4) is 0 Å². The van der Waals surface area contributed by atoms with Gasteiger partial charge >= 0.3 is 264 Å². The van der Waals surface area contributed by atoms with E-state index >= 15 is 0 Å². The third-order valence-electron chi connectivity index (χ3n) is 9.25. The first-order valence-corrected chi connectivity index (χ1v) is 23.7. The molecule has 0 aromatic heterocycles. The second kappa shape index (κ2) is 16.4. The Morgan fingerprint density at radius 2 is 1.60 bits per heavy atom. The molecule has 0 radical (unpaired) electrons. The van der Waals surface area contributed by atoms with Crippen LogP contribution in [0.1, 0.15) is 91.5 Å². The van der Waals surface area contributed by atoms with Crippen molar-refractivity contribution < 1.29 is 38.0 Å². The Hall–Kier alpha value is -1.94. The standard InChI is InChI=1S/C22H27O8.3C4H9.Sn/c1-6-19(23)29-20-13(2)10-18(26-4)15-11-14-16(28-12-25-3)8-7-9-17(14)30-22(15,20)21(24)27-5;3*1-3-4-2;/h7,9,13,20H,6,10-12H2,1-5H3;3*1,3-4H2,2H3;/t13-,20+,22+;;;;/m0..../s1. The molecule has 0 bridgehead atoms. The van der Waals surface area contributed by atoms with Gasteiger partial charge in [0.1, 0.15) is 0 Å². The molecule has 1 aromatic rings. The molecule has 0 saturated heterocycles. The van der Waals surface area contributed by atoms with Gasteiger partial charge in [-0.05, 0) is 0 Å². The molecule has 0 unspecified atom stereocenters. The first kappa shape index (κ1) is 35.5. The molecule has 0 amide bonds. The fourth-order valence-corrected chi connectivity index (χ4v) is 23.5. The van der Waals surface area contributed by atoms with Gasteiger partial charge in [0.15, 0.2) is 0 Å². The van der Waals surface area contributed by atoms with E-state index in [0.29, 0.717) is 29.9 Å². The number of allylic oxidation sites excluding steroid dienone is 1. The number of carbonyl (C=O) groups excluding carboxylic acids is 2. The normalized spacial score (nSPS) is 21.4. The average Bonchev–Trinajstić information content (AvgIpc) is 3.03. The van der Waals surface area contributed by atoms with Gasteiger partial charge < -0.3 is 0 Å². The van der Waals surface area contributed by atoms with Crippen LogP contribution in [0.5, 0.6) is 11.5 Å². The number of ether oxygens (including phenoxy) is 6. The number of esters is 2. The van der Waals surface area contributed by atoms with Crippen molar-refractivity contribution in [3.8, 4) is 11.5 Å². The van der Waals surface area contributed by atoms with E-state index in [-0.39, 0.29) is 19.1 Å². The van der Waals surface area contributed by atoms with Gasteiger partial charge in [-0.25, -0.2) is 0 Å². The molecule has 1 aliphatic carbocycles. The molecule has 2 aliphatic rings. The SMILES string of the molecule is CCC[CH2][Sn]([CH2]CCC)([CH2]CCC)[c]1ccc2c(c1OCOC)CC1=C(OC)C[C@H](C)[C@@H](OC(=O)CC)[C@]1(C(=O)OC)O2. The molecule has 3 atom stereocenters. The maximum atomic E-state index is 13.8. The topological polar surface area (TPSA) is 89.5 Å². The molecule has 8 nitrogen and oxygen atoms in total. The molecule has 1 heterocycles. The fraction of sp³-hybridized carbons (Fsp3) is 0.706. The van der Waals surface area contributed by atoms with Gasteiger partial charge in [-0.1, -0.05) is 0 Å². The zero-order valence-corrected chi connectivity index (χ0v) is 30.6. The molecule has 0 saturated carbocycles. The van der Waals surface area contributed by atoms with Crippen LogP contribution >= 0.6 is 0 Å². The Bertz CT molecular complexity index is 1110. The van der Waals surface area contributed by atoms with Gasteiger partial charge in [0.2, 0.25) is 0 Å². The summed E-state index contributed by atoms with van der Waals surface area (Å²) in [5.74, 6) is 0.825. The molecule has 0 spiro atoms. The van der Waals surface area contributed by atoms with E-state index in [1.807, 2.05) is 13.0 Å². The molecular formula is C34H54O8Sn. The van der Waals surface area contributed by atoms with E-state index in [0.717, 1.165) is 11.3 Å². The van der Waals surface area contributed by atoms with Crippen molar-refractivity contribution in [2.24, 2.45) is 5.92 Å². The zero-order chi connectivity index (χ0) is 31.6. The van der Waals surface area contributed by atoms with Gasteiger partial charge in [-0.2, -0.15) is 0 Å². The third kappa shape index (κ3) is 7.32. The minimum absolute atomic E-state index is 0.118. The van der Waals surface area contributed by atoms with Crippen molar-refractivity contribution in [3.63, 3.8) is 0 Å². The monoisotopic (exact) mass is 710 g/mol. The second-order valence-corrected chi connectivity index (χ2v) is 25.2. The second-order valence-electron chi connectivity index (χ2n) is 12.1. The predicted octanol–water partition coefficient (Wildman–Crippen LogP) is 6.83. The molecule has 0 N–H and O–H groups in total. The van der Waals surface area contributed by atoms with Crippen molar-refractivity contribution >= 4 is 33.9 Å². The van der Waals surface area contributed by atoms with Crippen LogP contribution in [-0.2, 0) is 35.0 Å². The average molecular weight is 710 g/mol. The molecule has 9 heteroatoms. The van der Waals surface area contributed by atoms with Crippen LogP contribution in [0.2, 0.25) is 13.3 Å². The van der Waals surface area contributed by atoms with Gasteiger partial charge in [0.25, 0.3) is 0 Å². The molecule has 43 heavy (non-hydrogen) atoms. The van der Waals surface area contributed by atoms with Crippen LogP contribution in [0, 0.1) is 5.92 Å². The Kier molecular flexibility index (Phi) is 13.5. The van der Waals surface area contributed by atoms with Crippen molar-refractivity contribution in [1.82, 2.24) is 0 Å². The van der Waals surface area contributed by atoms with E-state index in [1.165, 1.54) is 62.5 Å². The number of rotatable bonds is 17. The Morgan fingerprint density at radius 3 is 2.12 bits per heavy atom. The molecule has 3 rings (SSSR count). The molecule has 242 valence electrons. The summed E-state index contributed by atoms with van der Waals surface area (Å²) in [6.07, 6.45) is 7.34. The number of hydrogen-bond donors (Lipinski definition) is 0. The van der Waals surface area contributed by atoms with Crippen molar-refractivity contribution in [3.05, 3.63) is 29.0 Å². The van der Waals surface area contributed by atoms with E-state index in [9.17, 15) is 9.59 Å². The first-order chi connectivity index (χ1) is 20.7. The Balaban J connectivity index is 2.32. The van der Waals surface area contributed by atoms with Gasteiger partial charge in [0.05, 0.1) is 0 Å². The predicted molar refractivity (Wildman–Crippen MR) is 171 cm³/mol. The summed E-state index contributed by atoms with van der Waals surface area (Å²) < 4.78 is 41.2. The number of benzene rings is 1. The number of unbranched alkanes of at least 4 members (excludes halogenated alkanes) is 3. The van der Waals surface area contributed by atoms with E-state index in [4.69, 9.17) is 28.4 Å². The zero-order valence-electron chi connectivity index (χ0n) is 27.8. The third-order valence-corrected chi connectivity index (χ3v) is 24.9. The van der Waals surface area contributed by atoms with Gasteiger partial charge in [-0.3, -0.25) is 0 Å². The number of fused-ring (bicyclic) bond motifs is 2. The number of carbonyl (C=O) groups is 2. The molecule has 1 aliphatic heterocycles. The van der Waals surface area contributed by atoms with Crippen molar-refractivity contribution in [2.45, 2.75) is 117 Å². The van der Waals surface area contributed by atoms with Crippen LogP contribution in [-0.4, -0.2) is 70.1 Å². The van der Waals surface area contributed by atoms with Gasteiger partial charge in [0, 0.05) is 0 Å². The van der Waals surface area contributed by atoms with Crippen LogP contribution in [0.4, 0.5) is 0 Å². The van der Waals surface area contributed by atoms with E-state index in [2.05, 4.69) is 26.8 Å². The summed E-state index contributed by atoms with van der Waals surface area (Å²) in [4.78, 5) is 26.4. The molecule has 0 fully saturated rings. The molecular weight excluding hydrogens is 655 g/mol. The fourth-order valence-electron chi connectivity index (χ4n) is 6.96. The van der Waals surface area contributed by atoms with E-state index < -0.39 is 42.0 Å². The summed E-state index contributed by atoms with van der Waals surface area (Å²) in [6.45, 7) is 10.6. The summed E-state index contributed by atoms with van der Waals surface area (Å²) in [5.41, 5.74) is -0.112. The first-order valence-electron chi connectivity index (χ1n) is 16.2. The number of hydrogen-bond acceptors (Lipinski definition) is 8. The van der Waals surface area contributed by atoms with Crippen LogP contribution in [0.15, 0.2) is 23.5 Å². The van der Waals surface area contributed by atoms with Gasteiger partial charge in [-0.15, -0.1) is 0 Å². The summed E-state index contributed by atoms with van der Waals surface area (Å²) >= 11 is -2.99. The number of methoxy groups -OCH3 is 3. The maximum absolute atomic E-state index is 13.8. The minimum atomic E-state index is -2.99. The van der Waals surface area contributed by atoms with Crippen LogP contribution in [0.25, 0.3) is 0 Å².